The highest BCUT2D eigenvalue weighted by Gasteiger charge is 2.01. The lowest BCUT2D eigenvalue weighted by Crippen LogP contribution is -2.37. The number of aryl methyl sites for hydroxylation is 1. The standard InChI is InChI=1S/C19H23N5/c1-20-19(22-14-16-8-3-2-4-9-16)21-12-7-13-24-15-23-17-10-5-6-11-18(17)24/h2-6,8-11,15H,7,12-14H2,1H3,(H2,20,21,22). The maximum absolute atomic E-state index is 4.42. The second-order valence-corrected chi connectivity index (χ2v) is 5.62. The zero-order chi connectivity index (χ0) is 16.6. The zero-order valence-corrected chi connectivity index (χ0v) is 13.9. The van der Waals surface area contributed by atoms with Crippen molar-refractivity contribution in [2.75, 3.05) is 13.6 Å². The maximum atomic E-state index is 4.42. The largest absolute Gasteiger partial charge is 0.356 e. The molecule has 0 aliphatic heterocycles. The fraction of sp³-hybridized carbons (Fsp3) is 0.263. The molecular formula is C19H23N5. The van der Waals surface area contributed by atoms with E-state index in [0.717, 1.165) is 37.5 Å². The van der Waals surface area contributed by atoms with Gasteiger partial charge >= 0.3 is 0 Å². The van der Waals surface area contributed by atoms with E-state index in [1.807, 2.05) is 42.7 Å². The molecule has 2 N–H and O–H groups in total. The van der Waals surface area contributed by atoms with Crippen LogP contribution in [0.15, 0.2) is 65.9 Å². The first-order valence-electron chi connectivity index (χ1n) is 8.25. The Morgan fingerprint density at radius 1 is 1.04 bits per heavy atom. The van der Waals surface area contributed by atoms with E-state index in [2.05, 4.69) is 43.4 Å². The van der Waals surface area contributed by atoms with Crippen molar-refractivity contribution >= 4 is 17.0 Å². The van der Waals surface area contributed by atoms with E-state index in [4.69, 9.17) is 0 Å². The Labute approximate surface area is 142 Å². The molecule has 0 amide bonds. The number of aliphatic imine (C=N–C) groups is 1. The minimum atomic E-state index is 0.771. The molecule has 3 rings (SSSR count). The molecule has 24 heavy (non-hydrogen) atoms. The third kappa shape index (κ3) is 4.13. The topological polar surface area (TPSA) is 54.2 Å². The Balaban J connectivity index is 1.43. The number of hydrogen-bond donors (Lipinski definition) is 2. The SMILES string of the molecule is CN=C(NCCCn1cnc2ccccc21)NCc1ccccc1. The summed E-state index contributed by atoms with van der Waals surface area (Å²) in [5, 5.41) is 6.68. The van der Waals surface area contributed by atoms with E-state index < -0.39 is 0 Å². The average Bonchev–Trinajstić information content (AvgIpc) is 3.05. The molecule has 0 atom stereocenters. The van der Waals surface area contributed by atoms with E-state index in [1.54, 1.807) is 7.05 Å². The number of hydrogen-bond acceptors (Lipinski definition) is 2. The summed E-state index contributed by atoms with van der Waals surface area (Å²) in [5.41, 5.74) is 3.47. The van der Waals surface area contributed by atoms with E-state index >= 15 is 0 Å². The number of guanidine groups is 1. The molecule has 0 saturated heterocycles. The predicted octanol–water partition coefficient (Wildman–Crippen LogP) is 2.79. The summed E-state index contributed by atoms with van der Waals surface area (Å²) in [7, 11) is 1.80. The fourth-order valence-corrected chi connectivity index (χ4v) is 2.65. The molecule has 124 valence electrons. The number of nitrogens with one attached hydrogen (secondary N) is 2. The van der Waals surface area contributed by atoms with Crippen molar-refractivity contribution in [3.05, 3.63) is 66.5 Å². The molecular weight excluding hydrogens is 298 g/mol. The number of fused-ring (bicyclic) bond motifs is 1. The van der Waals surface area contributed by atoms with Crippen molar-refractivity contribution < 1.29 is 0 Å². The summed E-state index contributed by atoms with van der Waals surface area (Å²) in [6.45, 7) is 2.57. The van der Waals surface area contributed by atoms with Gasteiger partial charge in [0, 0.05) is 26.7 Å². The maximum Gasteiger partial charge on any atom is 0.191 e. The highest BCUT2D eigenvalue weighted by molar-refractivity contribution is 5.79. The van der Waals surface area contributed by atoms with Crippen LogP contribution < -0.4 is 10.6 Å². The number of para-hydroxylation sites is 2. The quantitative estimate of drug-likeness (QED) is 0.417. The van der Waals surface area contributed by atoms with Crippen LogP contribution in [-0.4, -0.2) is 29.1 Å². The molecule has 5 heteroatoms. The monoisotopic (exact) mass is 321 g/mol. The highest BCUT2D eigenvalue weighted by Crippen LogP contribution is 2.11. The summed E-state index contributed by atoms with van der Waals surface area (Å²) >= 11 is 0. The first-order valence-corrected chi connectivity index (χ1v) is 8.25. The normalized spacial score (nSPS) is 11.6. The summed E-state index contributed by atoms with van der Waals surface area (Å²) in [4.78, 5) is 8.68. The molecule has 0 bridgehead atoms. The van der Waals surface area contributed by atoms with Crippen molar-refractivity contribution in [2.24, 2.45) is 4.99 Å². The van der Waals surface area contributed by atoms with Crippen LogP contribution in [0.4, 0.5) is 0 Å². The second kappa shape index (κ2) is 8.15. The lowest BCUT2D eigenvalue weighted by Gasteiger charge is -2.12. The Kier molecular flexibility index (Phi) is 5.45. The van der Waals surface area contributed by atoms with Gasteiger partial charge in [-0.15, -0.1) is 0 Å². The van der Waals surface area contributed by atoms with Crippen LogP contribution in [0.1, 0.15) is 12.0 Å². The summed E-state index contributed by atoms with van der Waals surface area (Å²) in [5.74, 6) is 0.828. The van der Waals surface area contributed by atoms with Crippen LogP contribution in [0, 0.1) is 0 Å². The van der Waals surface area contributed by atoms with E-state index in [1.165, 1.54) is 11.1 Å². The van der Waals surface area contributed by atoms with Gasteiger partial charge in [-0.2, -0.15) is 0 Å². The fourth-order valence-electron chi connectivity index (χ4n) is 2.65. The summed E-state index contributed by atoms with van der Waals surface area (Å²) < 4.78 is 2.19. The van der Waals surface area contributed by atoms with Gasteiger partial charge in [0.2, 0.25) is 0 Å². The predicted molar refractivity (Wildman–Crippen MR) is 99.0 cm³/mol. The number of aromatic nitrogens is 2. The smallest absolute Gasteiger partial charge is 0.191 e. The molecule has 0 unspecified atom stereocenters. The Morgan fingerprint density at radius 3 is 2.67 bits per heavy atom. The van der Waals surface area contributed by atoms with Gasteiger partial charge in [-0.05, 0) is 24.1 Å². The third-order valence-corrected chi connectivity index (χ3v) is 3.92. The molecule has 0 fully saturated rings. The lowest BCUT2D eigenvalue weighted by atomic mass is 10.2. The van der Waals surface area contributed by atoms with Crippen molar-refractivity contribution in [1.82, 2.24) is 20.2 Å². The van der Waals surface area contributed by atoms with Gasteiger partial charge in [0.15, 0.2) is 5.96 Å². The van der Waals surface area contributed by atoms with Crippen LogP contribution in [0.3, 0.4) is 0 Å². The molecule has 1 heterocycles. The van der Waals surface area contributed by atoms with Gasteiger partial charge in [-0.1, -0.05) is 42.5 Å². The molecule has 3 aromatic rings. The first-order chi connectivity index (χ1) is 11.9. The summed E-state index contributed by atoms with van der Waals surface area (Å²) in [6.07, 6.45) is 2.92. The summed E-state index contributed by atoms with van der Waals surface area (Å²) in [6, 6.07) is 18.5. The van der Waals surface area contributed by atoms with Crippen LogP contribution in [0.5, 0.6) is 0 Å². The minimum Gasteiger partial charge on any atom is -0.356 e. The lowest BCUT2D eigenvalue weighted by molar-refractivity contribution is 0.637. The minimum absolute atomic E-state index is 0.771. The number of benzene rings is 2. The van der Waals surface area contributed by atoms with Crippen LogP contribution >= 0.6 is 0 Å². The van der Waals surface area contributed by atoms with Gasteiger partial charge in [0.25, 0.3) is 0 Å². The van der Waals surface area contributed by atoms with E-state index in [0.29, 0.717) is 0 Å². The molecule has 1 aromatic heterocycles. The number of nitrogens with zero attached hydrogens (tertiary/aromatic N) is 3. The Morgan fingerprint density at radius 2 is 1.83 bits per heavy atom. The molecule has 0 aliphatic rings. The van der Waals surface area contributed by atoms with E-state index in [9.17, 15) is 0 Å². The van der Waals surface area contributed by atoms with Crippen molar-refractivity contribution in [2.45, 2.75) is 19.5 Å². The van der Waals surface area contributed by atoms with Crippen LogP contribution in [0.2, 0.25) is 0 Å². The Hall–Kier alpha value is -2.82. The van der Waals surface area contributed by atoms with Crippen molar-refractivity contribution in [3.8, 4) is 0 Å². The molecule has 2 aromatic carbocycles. The molecule has 0 spiro atoms. The van der Waals surface area contributed by atoms with Gasteiger partial charge in [0.05, 0.1) is 17.4 Å². The highest BCUT2D eigenvalue weighted by atomic mass is 15.2. The van der Waals surface area contributed by atoms with Crippen LogP contribution in [-0.2, 0) is 13.1 Å². The first kappa shape index (κ1) is 16.1. The average molecular weight is 321 g/mol. The third-order valence-electron chi connectivity index (χ3n) is 3.92. The van der Waals surface area contributed by atoms with Gasteiger partial charge in [-0.3, -0.25) is 4.99 Å². The van der Waals surface area contributed by atoms with Crippen LogP contribution in [0.25, 0.3) is 11.0 Å². The molecule has 0 saturated carbocycles. The molecule has 0 aliphatic carbocycles. The van der Waals surface area contributed by atoms with E-state index in [-0.39, 0.29) is 0 Å². The van der Waals surface area contributed by atoms with Gasteiger partial charge in [-0.25, -0.2) is 4.98 Å². The Bertz CT molecular complexity index is 792. The molecule has 0 radical (unpaired) electrons. The number of rotatable bonds is 6. The number of imidazole rings is 1. The van der Waals surface area contributed by atoms with Gasteiger partial charge < -0.3 is 15.2 Å². The van der Waals surface area contributed by atoms with Crippen molar-refractivity contribution in [1.29, 1.82) is 0 Å². The van der Waals surface area contributed by atoms with Crippen molar-refractivity contribution in [3.63, 3.8) is 0 Å². The second-order valence-electron chi connectivity index (χ2n) is 5.62. The molecule has 5 nitrogen and oxygen atoms in total. The zero-order valence-electron chi connectivity index (χ0n) is 13.9. The van der Waals surface area contributed by atoms with Gasteiger partial charge in [0.1, 0.15) is 0 Å².